The first-order valence-electron chi connectivity index (χ1n) is 2.29. The predicted molar refractivity (Wildman–Crippen MR) is 32.9 cm³/mol. The monoisotopic (exact) mass is 133 g/mol. The molecule has 0 amide bonds. The summed E-state index contributed by atoms with van der Waals surface area (Å²) < 4.78 is 0. The average Bonchev–Trinajstić information content (AvgIpc) is 1.59. The van der Waals surface area contributed by atoms with E-state index in [4.69, 9.17) is 11.6 Å². The van der Waals surface area contributed by atoms with E-state index < -0.39 is 4.87 Å². The zero-order chi connectivity index (χ0) is 6.62. The molecule has 0 rings (SSSR count). The van der Waals surface area contributed by atoms with Crippen LogP contribution >= 0.6 is 11.6 Å². The minimum atomic E-state index is -0.405. The second-order valence-corrected chi connectivity index (χ2v) is 3.15. The fraction of sp³-hybridized carbons (Fsp3) is 0.800. The first-order valence-corrected chi connectivity index (χ1v) is 2.66. The van der Waals surface area contributed by atoms with Gasteiger partial charge in [-0.1, -0.05) is 0 Å². The van der Waals surface area contributed by atoms with E-state index >= 15 is 0 Å². The molecule has 0 bridgehead atoms. The third-order valence-corrected chi connectivity index (χ3v) is 0.639. The van der Waals surface area contributed by atoms with Crippen molar-refractivity contribution in [3.63, 3.8) is 0 Å². The Kier molecular flexibility index (Phi) is 2.74. The van der Waals surface area contributed by atoms with Crippen molar-refractivity contribution < 1.29 is 4.79 Å². The van der Waals surface area contributed by atoms with E-state index in [0.717, 1.165) is 0 Å². The largest absolute Gasteiger partial charge is 0.235 e. The highest BCUT2D eigenvalue weighted by Gasteiger charge is 2.10. The minimum Gasteiger partial charge on any atom is -0.211 e. The van der Waals surface area contributed by atoms with Crippen LogP contribution in [-0.2, 0) is 4.79 Å². The van der Waals surface area contributed by atoms with Crippen LogP contribution in [0.2, 0.25) is 0 Å². The number of aliphatic imine (C=N–C) groups is 1. The van der Waals surface area contributed by atoms with Crippen LogP contribution in [0.4, 0.5) is 0 Å². The summed E-state index contributed by atoms with van der Waals surface area (Å²) >= 11 is 5.64. The lowest BCUT2D eigenvalue weighted by Crippen LogP contribution is -2.13. The maximum atomic E-state index is 9.50. The quantitative estimate of drug-likeness (QED) is 0.318. The summed E-state index contributed by atoms with van der Waals surface area (Å²) in [5.74, 6) is 0. The first-order chi connectivity index (χ1) is 3.56. The van der Waals surface area contributed by atoms with E-state index in [2.05, 4.69) is 4.99 Å². The number of alkyl halides is 1. The third-order valence-electron chi connectivity index (χ3n) is 0.520. The third kappa shape index (κ3) is 5.67. The van der Waals surface area contributed by atoms with Crippen molar-refractivity contribution in [1.29, 1.82) is 0 Å². The summed E-state index contributed by atoms with van der Waals surface area (Å²) in [6.45, 7) is 3.91. The molecule has 0 spiro atoms. The Hall–Kier alpha value is -0.330. The van der Waals surface area contributed by atoms with Gasteiger partial charge in [-0.05, 0) is 13.8 Å². The van der Waals surface area contributed by atoms with Gasteiger partial charge in [0, 0.05) is 0 Å². The number of nitrogens with zero attached hydrogens (tertiary/aromatic N) is 1. The van der Waals surface area contributed by atoms with Crippen molar-refractivity contribution >= 4 is 17.7 Å². The molecule has 3 heteroatoms. The molecule has 0 heterocycles. The molecule has 0 aromatic heterocycles. The second-order valence-electron chi connectivity index (χ2n) is 2.13. The molecule has 8 heavy (non-hydrogen) atoms. The molecule has 0 atom stereocenters. The van der Waals surface area contributed by atoms with Crippen molar-refractivity contribution in [3.05, 3.63) is 0 Å². The van der Waals surface area contributed by atoms with Crippen LogP contribution in [0, 0.1) is 0 Å². The Bertz CT molecular complexity index is 110. The number of carbonyl (C=O) groups excluding carboxylic acids is 1. The van der Waals surface area contributed by atoms with Gasteiger partial charge in [-0.25, -0.2) is 9.79 Å². The highest BCUT2D eigenvalue weighted by atomic mass is 35.5. The molecular formula is C5H8ClNO. The average molecular weight is 134 g/mol. The van der Waals surface area contributed by atoms with Gasteiger partial charge < -0.3 is 0 Å². The molecule has 0 unspecified atom stereocenters. The molecule has 0 saturated heterocycles. The molecule has 0 N–H and O–H groups in total. The van der Waals surface area contributed by atoms with Crippen LogP contribution < -0.4 is 0 Å². The van der Waals surface area contributed by atoms with Crippen LogP contribution in [0.1, 0.15) is 13.8 Å². The number of halogens is 1. The fourth-order valence-electron chi connectivity index (χ4n) is 0.220. The lowest BCUT2D eigenvalue weighted by molar-refractivity contribution is 0.560. The van der Waals surface area contributed by atoms with E-state index in [-0.39, 0.29) is 0 Å². The Morgan fingerprint density at radius 3 is 2.38 bits per heavy atom. The molecule has 0 aliphatic heterocycles. The lowest BCUT2D eigenvalue weighted by atomic mass is 10.2. The van der Waals surface area contributed by atoms with Crippen LogP contribution in [-0.4, -0.2) is 17.5 Å². The van der Waals surface area contributed by atoms with E-state index in [1.54, 1.807) is 13.8 Å². The molecule has 2 nitrogen and oxygen atoms in total. The molecule has 0 aromatic carbocycles. The number of isocyanates is 1. The maximum absolute atomic E-state index is 9.50. The maximum Gasteiger partial charge on any atom is 0.235 e. The topological polar surface area (TPSA) is 29.4 Å². The van der Waals surface area contributed by atoms with Gasteiger partial charge in [-0.3, -0.25) is 0 Å². The molecule has 0 aliphatic rings. The van der Waals surface area contributed by atoms with Crippen LogP contribution in [0.25, 0.3) is 0 Å². The van der Waals surface area contributed by atoms with Gasteiger partial charge in [0.05, 0.1) is 11.4 Å². The standard InChI is InChI=1S/C5H8ClNO/c1-5(2,6)3-7-4-8/h3H2,1-2H3. The highest BCUT2D eigenvalue weighted by molar-refractivity contribution is 6.23. The normalized spacial score (nSPS) is 10.4. The molecular weight excluding hydrogens is 126 g/mol. The van der Waals surface area contributed by atoms with Crippen LogP contribution in [0.5, 0.6) is 0 Å². The van der Waals surface area contributed by atoms with Gasteiger partial charge in [0.25, 0.3) is 0 Å². The number of rotatable bonds is 2. The summed E-state index contributed by atoms with van der Waals surface area (Å²) in [5, 5.41) is 0. The van der Waals surface area contributed by atoms with Crippen molar-refractivity contribution in [2.45, 2.75) is 18.7 Å². The number of hydrogen-bond donors (Lipinski definition) is 0. The van der Waals surface area contributed by atoms with E-state index in [9.17, 15) is 4.79 Å². The van der Waals surface area contributed by atoms with Gasteiger partial charge in [0.2, 0.25) is 6.08 Å². The summed E-state index contributed by atoms with van der Waals surface area (Å²) in [6.07, 6.45) is 1.41. The Labute approximate surface area is 53.6 Å². The molecule has 46 valence electrons. The molecule has 0 fully saturated rings. The number of hydrogen-bond acceptors (Lipinski definition) is 2. The summed E-state index contributed by atoms with van der Waals surface area (Å²) in [4.78, 5) is 12.4. The Morgan fingerprint density at radius 2 is 2.25 bits per heavy atom. The van der Waals surface area contributed by atoms with Crippen molar-refractivity contribution in [2.75, 3.05) is 6.54 Å². The fourth-order valence-corrected chi connectivity index (χ4v) is 0.280. The zero-order valence-electron chi connectivity index (χ0n) is 4.94. The highest BCUT2D eigenvalue weighted by Crippen LogP contribution is 2.11. The van der Waals surface area contributed by atoms with Gasteiger partial charge in [0.15, 0.2) is 0 Å². The van der Waals surface area contributed by atoms with Crippen molar-refractivity contribution in [2.24, 2.45) is 4.99 Å². The first kappa shape index (κ1) is 7.67. The van der Waals surface area contributed by atoms with E-state index in [0.29, 0.717) is 6.54 Å². The van der Waals surface area contributed by atoms with Crippen LogP contribution in [0.3, 0.4) is 0 Å². The van der Waals surface area contributed by atoms with Gasteiger partial charge in [-0.15, -0.1) is 11.6 Å². The van der Waals surface area contributed by atoms with Crippen molar-refractivity contribution in [3.8, 4) is 0 Å². The minimum absolute atomic E-state index is 0.331. The molecule has 0 aromatic rings. The molecule has 0 saturated carbocycles. The van der Waals surface area contributed by atoms with E-state index in [1.165, 1.54) is 6.08 Å². The Morgan fingerprint density at radius 1 is 1.75 bits per heavy atom. The smallest absolute Gasteiger partial charge is 0.211 e. The Balaban J connectivity index is 3.55. The molecule has 0 radical (unpaired) electrons. The predicted octanol–water partition coefficient (Wildman–Crippen LogP) is 1.34. The summed E-state index contributed by atoms with van der Waals surface area (Å²) in [7, 11) is 0. The second kappa shape index (κ2) is 2.85. The van der Waals surface area contributed by atoms with Gasteiger partial charge >= 0.3 is 0 Å². The van der Waals surface area contributed by atoms with Crippen molar-refractivity contribution in [1.82, 2.24) is 0 Å². The SMILES string of the molecule is CC(C)(Cl)CN=C=O. The zero-order valence-corrected chi connectivity index (χ0v) is 5.70. The van der Waals surface area contributed by atoms with Crippen LogP contribution in [0.15, 0.2) is 4.99 Å². The van der Waals surface area contributed by atoms with Gasteiger partial charge in [0.1, 0.15) is 0 Å². The summed E-state index contributed by atoms with van der Waals surface area (Å²) in [5.41, 5.74) is 0. The van der Waals surface area contributed by atoms with E-state index in [1.807, 2.05) is 0 Å². The lowest BCUT2D eigenvalue weighted by Gasteiger charge is -2.08. The summed E-state index contributed by atoms with van der Waals surface area (Å²) in [6, 6.07) is 0. The van der Waals surface area contributed by atoms with Gasteiger partial charge in [-0.2, -0.15) is 0 Å². The molecule has 0 aliphatic carbocycles.